The quantitative estimate of drug-likeness (QED) is 0.307. The summed E-state index contributed by atoms with van der Waals surface area (Å²) >= 11 is 0. The highest BCUT2D eigenvalue weighted by Gasteiger charge is 2.31. The Morgan fingerprint density at radius 2 is 2.00 bits per heavy atom. The molecule has 3 heterocycles. The molecule has 1 atom stereocenters. The molecular weight excluding hydrogens is 518 g/mol. The van der Waals surface area contributed by atoms with E-state index in [1.54, 1.807) is 18.1 Å². The van der Waals surface area contributed by atoms with Crippen LogP contribution in [0.5, 0.6) is 5.75 Å². The number of aromatic carboxylic acids is 1. The third-order valence-electron chi connectivity index (χ3n) is 7.61. The molecule has 2 aliphatic heterocycles. The molecule has 0 spiro atoms. The number of piperazine rings is 1. The summed E-state index contributed by atoms with van der Waals surface area (Å²) in [4.78, 5) is 19.3. The number of fused-ring (bicyclic) bond motifs is 1. The fourth-order valence-corrected chi connectivity index (χ4v) is 5.49. The summed E-state index contributed by atoms with van der Waals surface area (Å²) in [6, 6.07) is 9.13. The maximum absolute atomic E-state index is 13.3. The third kappa shape index (κ3) is 6.56. The van der Waals surface area contributed by atoms with Crippen molar-refractivity contribution in [2.75, 3.05) is 58.4 Å². The second kappa shape index (κ2) is 13.4. The number of rotatable bonds is 10. The van der Waals surface area contributed by atoms with Gasteiger partial charge in [0.25, 0.3) is 6.43 Å². The fraction of sp³-hybridized carbons (Fsp3) is 0.500. The number of aromatic nitrogens is 1. The first-order valence-corrected chi connectivity index (χ1v) is 13.9. The first-order chi connectivity index (χ1) is 19.3. The van der Waals surface area contributed by atoms with Crippen LogP contribution in [0.2, 0.25) is 0 Å². The summed E-state index contributed by atoms with van der Waals surface area (Å²) in [6.07, 6.45) is -0.510. The van der Waals surface area contributed by atoms with Crippen molar-refractivity contribution in [3.05, 3.63) is 58.8 Å². The topological polar surface area (TPSA) is 90.1 Å². The second-order valence-electron chi connectivity index (χ2n) is 10.2. The predicted molar refractivity (Wildman–Crippen MR) is 153 cm³/mol. The minimum Gasteiger partial charge on any atom is -0.496 e. The summed E-state index contributed by atoms with van der Waals surface area (Å²) in [6.45, 7) is 9.74. The average Bonchev–Trinajstić information content (AvgIpc) is 3.41. The summed E-state index contributed by atoms with van der Waals surface area (Å²) in [5.74, 6) is 0.114. The van der Waals surface area contributed by atoms with E-state index in [9.17, 15) is 18.7 Å². The number of aromatic amines is 1. The predicted octanol–water partition coefficient (Wildman–Crippen LogP) is 5.39. The molecule has 3 aromatic rings. The Labute approximate surface area is 234 Å². The normalized spacial score (nSPS) is 18.3. The highest BCUT2D eigenvalue weighted by molar-refractivity contribution is 5.94. The standard InChI is InChI=1S/C28H34F2N4O4.C2H6/c1-17-9-25(37-2)22(20-5-6-31-27(17)20)12-34-8-7-33(14-26(29)30)13-24(34)19-3-4-21(28(35)36)23(10-19)32-11-18-15-38-16-18;1-2/h3-6,9-10,18,24,26,31-32H,7-8,11-16H2,1-2H3,(H,35,36);1-2H3. The van der Waals surface area contributed by atoms with Gasteiger partial charge in [0.05, 0.1) is 32.4 Å². The van der Waals surface area contributed by atoms with Gasteiger partial charge in [0.1, 0.15) is 5.75 Å². The van der Waals surface area contributed by atoms with E-state index in [0.717, 1.165) is 33.3 Å². The molecule has 1 aromatic heterocycles. The van der Waals surface area contributed by atoms with Gasteiger partial charge in [-0.2, -0.15) is 0 Å². The number of carboxylic acid groups (broad SMARTS) is 1. The van der Waals surface area contributed by atoms with Crippen molar-refractivity contribution in [3.8, 4) is 5.75 Å². The van der Waals surface area contributed by atoms with E-state index in [0.29, 0.717) is 57.5 Å². The van der Waals surface area contributed by atoms with Crippen LogP contribution >= 0.6 is 0 Å². The maximum atomic E-state index is 13.3. The van der Waals surface area contributed by atoms with Gasteiger partial charge in [-0.3, -0.25) is 9.80 Å². The monoisotopic (exact) mass is 558 g/mol. The van der Waals surface area contributed by atoms with Gasteiger partial charge in [0.2, 0.25) is 0 Å². The Hall–Kier alpha value is -3.21. The van der Waals surface area contributed by atoms with Crippen molar-refractivity contribution in [1.29, 1.82) is 0 Å². The lowest BCUT2D eigenvalue weighted by Gasteiger charge is -2.42. The van der Waals surface area contributed by atoms with Crippen molar-refractivity contribution in [3.63, 3.8) is 0 Å². The molecule has 0 radical (unpaired) electrons. The molecule has 3 N–H and O–H groups in total. The van der Waals surface area contributed by atoms with Gasteiger partial charge in [0, 0.05) is 73.0 Å². The number of aryl methyl sites for hydroxylation is 1. The molecule has 2 aromatic carbocycles. The minimum atomic E-state index is -2.42. The third-order valence-corrected chi connectivity index (χ3v) is 7.61. The Morgan fingerprint density at radius 1 is 1.23 bits per heavy atom. The van der Waals surface area contributed by atoms with Gasteiger partial charge in [-0.05, 0) is 42.3 Å². The van der Waals surface area contributed by atoms with E-state index in [1.807, 2.05) is 51.2 Å². The fourth-order valence-electron chi connectivity index (χ4n) is 5.49. The van der Waals surface area contributed by atoms with Gasteiger partial charge in [-0.1, -0.05) is 19.9 Å². The zero-order chi connectivity index (χ0) is 28.8. The van der Waals surface area contributed by atoms with E-state index in [4.69, 9.17) is 9.47 Å². The number of methoxy groups -OCH3 is 1. The number of alkyl halides is 2. The Balaban J connectivity index is 0.00000181. The van der Waals surface area contributed by atoms with Gasteiger partial charge < -0.3 is 24.9 Å². The molecular formula is C30H40F2N4O4. The Morgan fingerprint density at radius 3 is 2.65 bits per heavy atom. The lowest BCUT2D eigenvalue weighted by atomic mass is 9.97. The van der Waals surface area contributed by atoms with Crippen molar-refractivity contribution < 1.29 is 28.2 Å². The molecule has 218 valence electrons. The van der Waals surface area contributed by atoms with Crippen LogP contribution in [0.3, 0.4) is 0 Å². The van der Waals surface area contributed by atoms with Crippen molar-refractivity contribution >= 4 is 22.6 Å². The maximum Gasteiger partial charge on any atom is 0.337 e. The van der Waals surface area contributed by atoms with E-state index in [-0.39, 0.29) is 18.2 Å². The first-order valence-electron chi connectivity index (χ1n) is 13.9. The van der Waals surface area contributed by atoms with E-state index >= 15 is 0 Å². The van der Waals surface area contributed by atoms with Gasteiger partial charge in [-0.25, -0.2) is 13.6 Å². The molecule has 2 aliphatic rings. The molecule has 8 nitrogen and oxygen atoms in total. The number of ether oxygens (including phenoxy) is 2. The number of nitrogens with zero attached hydrogens (tertiary/aromatic N) is 2. The molecule has 0 aliphatic carbocycles. The van der Waals surface area contributed by atoms with Gasteiger partial charge in [-0.15, -0.1) is 0 Å². The highest BCUT2D eigenvalue weighted by atomic mass is 19.3. The Kier molecular flexibility index (Phi) is 9.99. The van der Waals surface area contributed by atoms with Crippen LogP contribution in [-0.2, 0) is 11.3 Å². The van der Waals surface area contributed by atoms with Crippen LogP contribution < -0.4 is 10.1 Å². The lowest BCUT2D eigenvalue weighted by molar-refractivity contribution is -0.0248. The number of carboxylic acids is 1. The van der Waals surface area contributed by atoms with Gasteiger partial charge in [0.15, 0.2) is 0 Å². The summed E-state index contributed by atoms with van der Waals surface area (Å²) in [7, 11) is 1.66. The smallest absolute Gasteiger partial charge is 0.337 e. The van der Waals surface area contributed by atoms with Crippen LogP contribution in [-0.4, -0.2) is 85.3 Å². The highest BCUT2D eigenvalue weighted by Crippen LogP contribution is 2.36. The molecule has 5 rings (SSSR count). The molecule has 0 amide bonds. The number of benzene rings is 2. The summed E-state index contributed by atoms with van der Waals surface area (Å²) in [5, 5.41) is 14.1. The molecule has 2 fully saturated rings. The molecule has 10 heteroatoms. The van der Waals surface area contributed by atoms with Crippen LogP contribution in [0.25, 0.3) is 10.9 Å². The second-order valence-corrected chi connectivity index (χ2v) is 10.2. The average molecular weight is 559 g/mol. The van der Waals surface area contributed by atoms with E-state index < -0.39 is 12.4 Å². The zero-order valence-electron chi connectivity index (χ0n) is 23.7. The van der Waals surface area contributed by atoms with Crippen molar-refractivity contribution in [2.24, 2.45) is 5.92 Å². The summed E-state index contributed by atoms with van der Waals surface area (Å²) in [5.41, 5.74) is 4.78. The van der Waals surface area contributed by atoms with Crippen molar-refractivity contribution in [1.82, 2.24) is 14.8 Å². The molecule has 2 saturated heterocycles. The Bertz CT molecular complexity index is 1290. The number of H-pyrrole nitrogens is 1. The molecule has 0 saturated carbocycles. The number of halogens is 2. The summed E-state index contributed by atoms with van der Waals surface area (Å²) < 4.78 is 37.7. The van der Waals surface area contributed by atoms with Crippen molar-refractivity contribution in [2.45, 2.75) is 39.8 Å². The van der Waals surface area contributed by atoms with E-state index in [1.165, 1.54) is 0 Å². The number of carbonyl (C=O) groups is 1. The van der Waals surface area contributed by atoms with Crippen LogP contribution in [0.1, 0.15) is 46.9 Å². The lowest BCUT2D eigenvalue weighted by Crippen LogP contribution is -2.49. The SMILES string of the molecule is CC.COc1cc(C)c2[nH]ccc2c1CN1CCN(CC(F)F)CC1c1ccc(C(=O)O)c(NCC2COC2)c1. The van der Waals surface area contributed by atoms with Crippen LogP contribution in [0, 0.1) is 12.8 Å². The number of nitrogens with one attached hydrogen (secondary N) is 2. The first kappa shape index (κ1) is 29.8. The largest absolute Gasteiger partial charge is 0.496 e. The zero-order valence-corrected chi connectivity index (χ0v) is 23.7. The molecule has 40 heavy (non-hydrogen) atoms. The molecule has 1 unspecified atom stereocenters. The number of anilines is 1. The van der Waals surface area contributed by atoms with Gasteiger partial charge >= 0.3 is 5.97 Å². The van der Waals surface area contributed by atoms with E-state index in [2.05, 4.69) is 15.2 Å². The minimum absolute atomic E-state index is 0.190. The van der Waals surface area contributed by atoms with Crippen LogP contribution in [0.4, 0.5) is 14.5 Å². The molecule has 0 bridgehead atoms. The number of hydrogen-bond acceptors (Lipinski definition) is 6. The number of hydrogen-bond donors (Lipinski definition) is 3. The van der Waals surface area contributed by atoms with Crippen LogP contribution in [0.15, 0.2) is 36.5 Å².